The minimum Gasteiger partial charge on any atom is -0.497 e. The van der Waals surface area contributed by atoms with E-state index in [2.05, 4.69) is 34.3 Å². The second-order valence-electron chi connectivity index (χ2n) is 7.28. The quantitative estimate of drug-likeness (QED) is 0.708. The van der Waals surface area contributed by atoms with Crippen LogP contribution in [0.5, 0.6) is 5.75 Å². The second kappa shape index (κ2) is 7.35. The topological polar surface area (TPSA) is 57.4 Å². The van der Waals surface area contributed by atoms with Gasteiger partial charge in [0.15, 0.2) is 0 Å². The van der Waals surface area contributed by atoms with E-state index in [1.807, 2.05) is 30.3 Å². The number of hydrogen-bond donors (Lipinski definition) is 2. The van der Waals surface area contributed by atoms with Crippen LogP contribution in [0.3, 0.4) is 0 Å². The molecule has 140 valence electrons. The lowest BCUT2D eigenvalue weighted by molar-refractivity contribution is 0.102. The normalized spacial score (nSPS) is 15.1. The number of nitrogens with zero attached hydrogens (tertiary/aromatic N) is 1. The number of nitrogens with one attached hydrogen (secondary N) is 2. The molecule has 4 rings (SSSR count). The molecule has 27 heavy (non-hydrogen) atoms. The Hall–Kier alpha value is -2.95. The molecule has 0 unspecified atom stereocenters. The Bertz CT molecular complexity index is 938. The largest absolute Gasteiger partial charge is 0.497 e. The standard InChI is InChI=1S/C22H25N3O2/c1-15-9-11-25(12-10-15)17-5-3-16(4-6-17)24-22(26)20-14-23-21-8-7-18(27-2)13-19(20)21/h3-8,13-15,23H,9-12H2,1-2H3,(H,24,26). The van der Waals surface area contributed by atoms with E-state index in [0.29, 0.717) is 5.56 Å². The number of hydrogen-bond acceptors (Lipinski definition) is 3. The van der Waals surface area contributed by atoms with Crippen molar-refractivity contribution in [1.82, 2.24) is 4.98 Å². The van der Waals surface area contributed by atoms with Gasteiger partial charge in [0, 0.05) is 41.6 Å². The second-order valence-corrected chi connectivity index (χ2v) is 7.28. The van der Waals surface area contributed by atoms with Gasteiger partial charge in [-0.05, 0) is 61.2 Å². The van der Waals surface area contributed by atoms with Gasteiger partial charge < -0.3 is 19.9 Å². The molecule has 1 fully saturated rings. The van der Waals surface area contributed by atoms with Gasteiger partial charge in [0.2, 0.25) is 0 Å². The summed E-state index contributed by atoms with van der Waals surface area (Å²) >= 11 is 0. The van der Waals surface area contributed by atoms with Crippen molar-refractivity contribution >= 4 is 28.2 Å². The molecule has 0 aliphatic carbocycles. The third-order valence-electron chi connectivity index (χ3n) is 5.41. The molecule has 1 aliphatic heterocycles. The molecule has 0 saturated carbocycles. The van der Waals surface area contributed by atoms with Gasteiger partial charge >= 0.3 is 0 Å². The van der Waals surface area contributed by atoms with Crippen LogP contribution in [0.4, 0.5) is 11.4 Å². The van der Waals surface area contributed by atoms with Crippen LogP contribution in [0.1, 0.15) is 30.1 Å². The fourth-order valence-corrected chi connectivity index (χ4v) is 3.64. The predicted octanol–water partition coefficient (Wildman–Crippen LogP) is 4.67. The van der Waals surface area contributed by atoms with Crippen molar-refractivity contribution in [2.45, 2.75) is 19.8 Å². The highest BCUT2D eigenvalue weighted by Crippen LogP contribution is 2.26. The monoisotopic (exact) mass is 363 g/mol. The number of piperidine rings is 1. The van der Waals surface area contributed by atoms with E-state index in [9.17, 15) is 4.79 Å². The molecular weight excluding hydrogens is 338 g/mol. The highest BCUT2D eigenvalue weighted by molar-refractivity contribution is 6.13. The lowest BCUT2D eigenvalue weighted by atomic mass is 9.99. The Morgan fingerprint density at radius 2 is 1.89 bits per heavy atom. The highest BCUT2D eigenvalue weighted by Gasteiger charge is 2.16. The summed E-state index contributed by atoms with van der Waals surface area (Å²) in [4.78, 5) is 18.3. The first-order valence-corrected chi connectivity index (χ1v) is 9.45. The van der Waals surface area contributed by atoms with Gasteiger partial charge in [0.25, 0.3) is 5.91 Å². The molecule has 3 aromatic rings. The van der Waals surface area contributed by atoms with Crippen molar-refractivity contribution < 1.29 is 9.53 Å². The fourth-order valence-electron chi connectivity index (χ4n) is 3.64. The number of aromatic nitrogens is 1. The number of methoxy groups -OCH3 is 1. The van der Waals surface area contributed by atoms with Crippen molar-refractivity contribution in [3.05, 3.63) is 54.2 Å². The van der Waals surface area contributed by atoms with Crippen LogP contribution < -0.4 is 15.0 Å². The van der Waals surface area contributed by atoms with E-state index in [1.165, 1.54) is 18.5 Å². The third-order valence-corrected chi connectivity index (χ3v) is 5.41. The number of carbonyl (C=O) groups is 1. The molecule has 1 amide bonds. The van der Waals surface area contributed by atoms with Gasteiger partial charge in [-0.15, -0.1) is 0 Å². The first-order chi connectivity index (χ1) is 13.1. The molecule has 1 aliphatic rings. The van der Waals surface area contributed by atoms with Crippen LogP contribution in [0.25, 0.3) is 10.9 Å². The van der Waals surface area contributed by atoms with E-state index in [-0.39, 0.29) is 5.91 Å². The number of ether oxygens (including phenoxy) is 1. The zero-order valence-electron chi connectivity index (χ0n) is 15.8. The van der Waals surface area contributed by atoms with Gasteiger partial charge in [-0.3, -0.25) is 4.79 Å². The van der Waals surface area contributed by atoms with Crippen LogP contribution in [0.15, 0.2) is 48.7 Å². The average molecular weight is 363 g/mol. The smallest absolute Gasteiger partial charge is 0.257 e. The SMILES string of the molecule is COc1ccc2[nH]cc(C(=O)Nc3ccc(N4CCC(C)CC4)cc3)c2c1. The number of H-pyrrole nitrogens is 1. The summed E-state index contributed by atoms with van der Waals surface area (Å²) in [7, 11) is 1.62. The summed E-state index contributed by atoms with van der Waals surface area (Å²) in [5, 5.41) is 3.85. The lowest BCUT2D eigenvalue weighted by Gasteiger charge is -2.32. The number of benzene rings is 2. The van der Waals surface area contributed by atoms with E-state index in [0.717, 1.165) is 41.3 Å². The van der Waals surface area contributed by atoms with Crippen molar-refractivity contribution in [1.29, 1.82) is 0 Å². The van der Waals surface area contributed by atoms with Crippen molar-refractivity contribution in [3.63, 3.8) is 0 Å². The van der Waals surface area contributed by atoms with E-state index < -0.39 is 0 Å². The van der Waals surface area contributed by atoms with E-state index >= 15 is 0 Å². The number of rotatable bonds is 4. The maximum atomic E-state index is 12.7. The molecular formula is C22H25N3O2. The summed E-state index contributed by atoms with van der Waals surface area (Å²) < 4.78 is 5.27. The van der Waals surface area contributed by atoms with Crippen LogP contribution >= 0.6 is 0 Å². The van der Waals surface area contributed by atoms with Crippen molar-refractivity contribution in [2.24, 2.45) is 5.92 Å². The van der Waals surface area contributed by atoms with E-state index in [4.69, 9.17) is 4.74 Å². The summed E-state index contributed by atoms with van der Waals surface area (Å²) in [6.45, 7) is 4.52. The summed E-state index contributed by atoms with van der Waals surface area (Å²) in [5.41, 5.74) is 3.54. The molecule has 5 heteroatoms. The number of anilines is 2. The summed E-state index contributed by atoms with van der Waals surface area (Å²) in [6, 6.07) is 13.8. The fraction of sp³-hybridized carbons (Fsp3) is 0.318. The third kappa shape index (κ3) is 3.63. The van der Waals surface area contributed by atoms with Crippen LogP contribution in [0, 0.1) is 5.92 Å². The number of aromatic amines is 1. The average Bonchev–Trinajstić information content (AvgIpc) is 3.12. The molecule has 0 spiro atoms. The molecule has 2 aromatic carbocycles. The van der Waals surface area contributed by atoms with Crippen LogP contribution in [0.2, 0.25) is 0 Å². The number of fused-ring (bicyclic) bond motifs is 1. The number of carbonyl (C=O) groups excluding carboxylic acids is 1. The Labute approximate surface area is 159 Å². The molecule has 2 heterocycles. The van der Waals surface area contributed by atoms with Gasteiger partial charge in [0.1, 0.15) is 5.75 Å². The van der Waals surface area contributed by atoms with Gasteiger partial charge in [-0.1, -0.05) is 6.92 Å². The van der Waals surface area contributed by atoms with Crippen molar-refractivity contribution in [3.8, 4) is 5.75 Å². The predicted molar refractivity (Wildman–Crippen MR) is 110 cm³/mol. The lowest BCUT2D eigenvalue weighted by Crippen LogP contribution is -2.32. The molecule has 2 N–H and O–H groups in total. The molecule has 0 bridgehead atoms. The Morgan fingerprint density at radius 1 is 1.15 bits per heavy atom. The minimum atomic E-state index is -0.131. The Balaban J connectivity index is 1.48. The molecule has 0 atom stereocenters. The first-order valence-electron chi connectivity index (χ1n) is 9.45. The Kier molecular flexibility index (Phi) is 4.75. The summed E-state index contributed by atoms with van der Waals surface area (Å²) in [5.74, 6) is 1.42. The highest BCUT2D eigenvalue weighted by atomic mass is 16.5. The van der Waals surface area contributed by atoms with Crippen LogP contribution in [-0.4, -0.2) is 31.1 Å². The molecule has 5 nitrogen and oxygen atoms in total. The Morgan fingerprint density at radius 3 is 2.59 bits per heavy atom. The van der Waals surface area contributed by atoms with Gasteiger partial charge in [-0.2, -0.15) is 0 Å². The van der Waals surface area contributed by atoms with Crippen molar-refractivity contribution in [2.75, 3.05) is 30.4 Å². The van der Waals surface area contributed by atoms with Gasteiger partial charge in [-0.25, -0.2) is 0 Å². The minimum absolute atomic E-state index is 0.131. The first kappa shape index (κ1) is 17.5. The zero-order chi connectivity index (χ0) is 18.8. The van der Waals surface area contributed by atoms with Gasteiger partial charge in [0.05, 0.1) is 12.7 Å². The summed E-state index contributed by atoms with van der Waals surface area (Å²) in [6.07, 6.45) is 4.22. The molecule has 0 radical (unpaired) electrons. The zero-order valence-corrected chi connectivity index (χ0v) is 15.8. The maximum Gasteiger partial charge on any atom is 0.257 e. The molecule has 1 aromatic heterocycles. The number of amides is 1. The van der Waals surface area contributed by atoms with E-state index in [1.54, 1.807) is 13.3 Å². The maximum absolute atomic E-state index is 12.7. The van der Waals surface area contributed by atoms with Crippen LogP contribution in [-0.2, 0) is 0 Å². The molecule has 1 saturated heterocycles.